The van der Waals surface area contributed by atoms with Crippen molar-refractivity contribution in [2.45, 2.75) is 44.9 Å². The van der Waals surface area contributed by atoms with Crippen molar-refractivity contribution in [2.24, 2.45) is 16.8 Å². The van der Waals surface area contributed by atoms with Crippen LogP contribution in [0.3, 0.4) is 0 Å². The van der Waals surface area contributed by atoms with E-state index in [0.29, 0.717) is 18.3 Å². The number of thioether (sulfide) groups is 1. The Morgan fingerprint density at radius 2 is 2.00 bits per heavy atom. The van der Waals surface area contributed by atoms with Crippen molar-refractivity contribution in [3.05, 3.63) is 11.0 Å². The molecule has 1 aliphatic carbocycles. The number of nitrogens with zero attached hydrogens (tertiary/aromatic N) is 2. The number of amidine groups is 1. The fourth-order valence-corrected chi connectivity index (χ4v) is 4.74. The van der Waals surface area contributed by atoms with Gasteiger partial charge in [0.1, 0.15) is 5.84 Å². The molecule has 1 N–H and O–H groups in total. The second kappa shape index (κ2) is 8.73. The van der Waals surface area contributed by atoms with Gasteiger partial charge in [0.15, 0.2) is 0 Å². The zero-order chi connectivity index (χ0) is 16.8. The molecule has 130 valence electrons. The number of hydrogen-bond acceptors (Lipinski definition) is 4. The largest absolute Gasteiger partial charge is 0.358 e. The van der Waals surface area contributed by atoms with Gasteiger partial charge < -0.3 is 10.2 Å². The number of terminal acetylenes is 1. The third-order valence-corrected chi connectivity index (χ3v) is 6.07. The van der Waals surface area contributed by atoms with Gasteiger partial charge in [-0.1, -0.05) is 31.3 Å². The minimum Gasteiger partial charge on any atom is -0.358 e. The van der Waals surface area contributed by atoms with Crippen LogP contribution in [-0.2, 0) is 0 Å². The molecule has 0 aromatic carbocycles. The Morgan fingerprint density at radius 1 is 1.25 bits per heavy atom. The van der Waals surface area contributed by atoms with Crippen molar-refractivity contribution in [2.75, 3.05) is 26.2 Å². The molecule has 2 heterocycles. The van der Waals surface area contributed by atoms with Crippen molar-refractivity contribution in [1.82, 2.24) is 10.2 Å². The van der Waals surface area contributed by atoms with Crippen LogP contribution in [0.15, 0.2) is 16.0 Å². The van der Waals surface area contributed by atoms with E-state index in [-0.39, 0.29) is 5.24 Å². The Labute approximate surface area is 149 Å². The summed E-state index contributed by atoms with van der Waals surface area (Å²) in [5.74, 6) is 4.65. The highest BCUT2D eigenvalue weighted by atomic mass is 32.2. The van der Waals surface area contributed by atoms with E-state index in [1.165, 1.54) is 76.3 Å². The first-order valence-corrected chi connectivity index (χ1v) is 9.98. The number of carbonyl (C=O) groups excluding carboxylic acids is 1. The minimum absolute atomic E-state index is 0.143. The summed E-state index contributed by atoms with van der Waals surface area (Å²) in [6, 6.07) is 0. The van der Waals surface area contributed by atoms with E-state index < -0.39 is 0 Å². The molecule has 0 aromatic rings. The number of likely N-dealkylation sites (tertiary alicyclic amines) is 1. The van der Waals surface area contributed by atoms with Gasteiger partial charge in [0.2, 0.25) is 0 Å². The molecule has 0 atom stereocenters. The van der Waals surface area contributed by atoms with Gasteiger partial charge in [-0.05, 0) is 62.4 Å². The molecule has 2 fully saturated rings. The molecule has 1 amide bonds. The lowest BCUT2D eigenvalue weighted by Crippen LogP contribution is -2.37. The van der Waals surface area contributed by atoms with E-state index in [4.69, 9.17) is 6.42 Å². The number of rotatable bonds is 4. The molecule has 3 aliphatic rings. The molecule has 1 saturated carbocycles. The highest BCUT2D eigenvalue weighted by Crippen LogP contribution is 2.31. The Morgan fingerprint density at radius 3 is 2.71 bits per heavy atom. The molecule has 3 rings (SSSR count). The Bertz CT molecular complexity index is 549. The predicted octanol–water partition coefficient (Wildman–Crippen LogP) is 3.65. The van der Waals surface area contributed by atoms with Gasteiger partial charge in [-0.15, -0.1) is 6.42 Å². The first-order valence-electron chi connectivity index (χ1n) is 9.17. The number of nitrogens with one attached hydrogen (secondary N) is 1. The van der Waals surface area contributed by atoms with E-state index in [9.17, 15) is 4.79 Å². The zero-order valence-corrected chi connectivity index (χ0v) is 15.1. The predicted molar refractivity (Wildman–Crippen MR) is 101 cm³/mol. The lowest BCUT2D eigenvalue weighted by Gasteiger charge is -2.34. The van der Waals surface area contributed by atoms with E-state index in [1.54, 1.807) is 0 Å². The fraction of sp³-hybridized carbons (Fsp3) is 0.684. The van der Waals surface area contributed by atoms with Crippen molar-refractivity contribution in [3.63, 3.8) is 0 Å². The summed E-state index contributed by atoms with van der Waals surface area (Å²) in [5.41, 5.74) is 0. The lowest BCUT2D eigenvalue weighted by molar-refractivity contribution is 0.158. The van der Waals surface area contributed by atoms with Gasteiger partial charge in [-0.3, -0.25) is 4.79 Å². The summed E-state index contributed by atoms with van der Waals surface area (Å²) in [7, 11) is 0. The van der Waals surface area contributed by atoms with Crippen LogP contribution in [-0.4, -0.2) is 42.2 Å². The monoisotopic (exact) mass is 345 g/mol. The van der Waals surface area contributed by atoms with Crippen molar-refractivity contribution in [1.29, 1.82) is 0 Å². The molecule has 0 bridgehead atoms. The van der Waals surface area contributed by atoms with Crippen LogP contribution >= 0.6 is 11.8 Å². The Balaban J connectivity index is 1.48. The molecule has 0 radical (unpaired) electrons. The van der Waals surface area contributed by atoms with Crippen LogP contribution in [0, 0.1) is 24.2 Å². The zero-order valence-electron chi connectivity index (χ0n) is 14.3. The number of allylic oxidation sites excluding steroid dienone is 1. The van der Waals surface area contributed by atoms with Gasteiger partial charge in [-0.2, -0.15) is 4.99 Å². The summed E-state index contributed by atoms with van der Waals surface area (Å²) in [6.07, 6.45) is 17.0. The number of carbonyl (C=O) groups is 1. The molecular weight excluding hydrogens is 318 g/mol. The van der Waals surface area contributed by atoms with Gasteiger partial charge in [-0.25, -0.2) is 0 Å². The SMILES string of the molecule is C#CCNC1=NC(=O)S/C1=C\C1CCN(CC2CCCCC2)CC1. The number of amides is 1. The van der Waals surface area contributed by atoms with Crippen molar-refractivity contribution < 1.29 is 4.79 Å². The highest BCUT2D eigenvalue weighted by molar-refractivity contribution is 8.18. The van der Waals surface area contributed by atoms with Crippen LogP contribution in [0.2, 0.25) is 0 Å². The van der Waals surface area contributed by atoms with Crippen LogP contribution < -0.4 is 5.32 Å². The standard InChI is InChI=1S/C19H27N3OS/c1-2-10-20-18-17(24-19(23)21-18)13-15-8-11-22(12-9-15)14-16-6-4-3-5-7-16/h1,13,15-16H,3-12,14H2,(H,20,21,23)/b17-13-. The minimum atomic E-state index is -0.143. The summed E-state index contributed by atoms with van der Waals surface area (Å²) in [5, 5.41) is 2.91. The summed E-state index contributed by atoms with van der Waals surface area (Å²) >= 11 is 1.22. The Hall–Kier alpha value is -1.25. The van der Waals surface area contributed by atoms with Gasteiger partial charge >= 0.3 is 5.24 Å². The van der Waals surface area contributed by atoms with Crippen molar-refractivity contribution in [3.8, 4) is 12.3 Å². The van der Waals surface area contributed by atoms with E-state index >= 15 is 0 Å². The van der Waals surface area contributed by atoms with Crippen LogP contribution in [0.4, 0.5) is 4.79 Å². The normalized spacial score (nSPS) is 25.7. The second-order valence-electron chi connectivity index (χ2n) is 7.06. The summed E-state index contributed by atoms with van der Waals surface area (Å²) in [4.78, 5) is 19.2. The topological polar surface area (TPSA) is 44.7 Å². The fourth-order valence-electron chi connectivity index (χ4n) is 3.94. The molecule has 0 unspecified atom stereocenters. The van der Waals surface area contributed by atoms with Crippen molar-refractivity contribution >= 4 is 22.8 Å². The first kappa shape index (κ1) is 17.6. The van der Waals surface area contributed by atoms with E-state index in [1.807, 2.05) is 0 Å². The molecule has 24 heavy (non-hydrogen) atoms. The molecular formula is C19H27N3OS. The average molecular weight is 346 g/mol. The van der Waals surface area contributed by atoms with E-state index in [0.717, 1.165) is 10.8 Å². The average Bonchev–Trinajstić information content (AvgIpc) is 2.95. The van der Waals surface area contributed by atoms with Gasteiger partial charge in [0.25, 0.3) is 0 Å². The van der Waals surface area contributed by atoms with Crippen LogP contribution in [0.5, 0.6) is 0 Å². The smallest absolute Gasteiger partial charge is 0.311 e. The van der Waals surface area contributed by atoms with Crippen LogP contribution in [0.1, 0.15) is 44.9 Å². The number of hydrogen-bond donors (Lipinski definition) is 1. The van der Waals surface area contributed by atoms with Gasteiger partial charge in [0, 0.05) is 6.54 Å². The second-order valence-corrected chi connectivity index (χ2v) is 8.05. The molecule has 5 heteroatoms. The summed E-state index contributed by atoms with van der Waals surface area (Å²) in [6.45, 7) is 4.04. The maximum atomic E-state index is 11.6. The molecule has 1 saturated heterocycles. The van der Waals surface area contributed by atoms with E-state index in [2.05, 4.69) is 27.2 Å². The third-order valence-electron chi connectivity index (χ3n) is 5.25. The Kier molecular flexibility index (Phi) is 6.39. The lowest BCUT2D eigenvalue weighted by atomic mass is 9.88. The number of aliphatic imine (C=N–C) groups is 1. The molecule has 2 aliphatic heterocycles. The highest BCUT2D eigenvalue weighted by Gasteiger charge is 2.25. The maximum absolute atomic E-state index is 11.6. The van der Waals surface area contributed by atoms with Gasteiger partial charge in [0.05, 0.1) is 11.4 Å². The quantitative estimate of drug-likeness (QED) is 0.790. The maximum Gasteiger partial charge on any atom is 0.311 e. The molecule has 0 aromatic heterocycles. The number of piperidine rings is 1. The first-order chi connectivity index (χ1) is 11.7. The van der Waals surface area contributed by atoms with Crippen LogP contribution in [0.25, 0.3) is 0 Å². The molecule has 0 spiro atoms. The summed E-state index contributed by atoms with van der Waals surface area (Å²) < 4.78 is 0. The molecule has 4 nitrogen and oxygen atoms in total. The third kappa shape index (κ3) is 4.87.